The average Bonchev–Trinajstić information content (AvgIpc) is 3.07. The molecule has 0 saturated heterocycles. The van der Waals surface area contributed by atoms with Crippen LogP contribution >= 0.6 is 0 Å². The fraction of sp³-hybridized carbons (Fsp3) is 0.100. The minimum absolute atomic E-state index is 0.0740. The average molecular weight is 346 g/mol. The van der Waals surface area contributed by atoms with E-state index in [1.165, 1.54) is 23.6 Å². The summed E-state index contributed by atoms with van der Waals surface area (Å²) in [5, 5.41) is 0. The summed E-state index contributed by atoms with van der Waals surface area (Å²) in [6.07, 6.45) is 0. The molecular weight excluding hydrogens is 332 g/mol. The van der Waals surface area contributed by atoms with Crippen LogP contribution in [0.25, 0.3) is 0 Å². The molecule has 2 aromatic rings. The van der Waals surface area contributed by atoms with Crippen LogP contribution in [0.15, 0.2) is 59.9 Å². The van der Waals surface area contributed by atoms with Crippen molar-refractivity contribution in [2.75, 3.05) is 9.80 Å². The van der Waals surface area contributed by atoms with Gasteiger partial charge in [0.15, 0.2) is 0 Å². The molecule has 0 radical (unpaired) electrons. The van der Waals surface area contributed by atoms with E-state index in [4.69, 9.17) is 0 Å². The van der Waals surface area contributed by atoms with Crippen molar-refractivity contribution >= 4 is 34.8 Å². The molecular formula is C20H14N2O4. The van der Waals surface area contributed by atoms with Crippen molar-refractivity contribution in [3.63, 3.8) is 0 Å². The highest BCUT2D eigenvalue weighted by atomic mass is 16.2. The molecule has 6 heteroatoms. The Morgan fingerprint density at radius 1 is 0.654 bits per heavy atom. The molecule has 2 aliphatic rings. The van der Waals surface area contributed by atoms with Crippen LogP contribution in [0.5, 0.6) is 0 Å². The lowest BCUT2D eigenvalue weighted by Crippen LogP contribution is -2.34. The molecule has 0 saturated carbocycles. The number of carbonyl (C=O) groups excluding carboxylic acids is 4. The lowest BCUT2D eigenvalue weighted by atomic mass is 10.1. The van der Waals surface area contributed by atoms with Crippen molar-refractivity contribution in [2.45, 2.75) is 13.8 Å². The summed E-state index contributed by atoms with van der Waals surface area (Å²) in [5.41, 5.74) is 1.35. The third-order valence-electron chi connectivity index (χ3n) is 4.51. The normalized spacial score (nSPS) is 18.2. The SMILES string of the molecule is CC(=O)N1/C(=C2\C(=O)c3ccccc3N2C(C)=O)C(=O)c2ccccc21. The van der Waals surface area contributed by atoms with Crippen molar-refractivity contribution in [3.8, 4) is 0 Å². The highest BCUT2D eigenvalue weighted by Crippen LogP contribution is 2.42. The summed E-state index contributed by atoms with van der Waals surface area (Å²) in [4.78, 5) is 53.1. The van der Waals surface area contributed by atoms with Gasteiger partial charge in [-0.25, -0.2) is 0 Å². The first-order valence-electron chi connectivity index (χ1n) is 8.06. The van der Waals surface area contributed by atoms with Gasteiger partial charge >= 0.3 is 0 Å². The Bertz CT molecular complexity index is 968. The minimum atomic E-state index is -0.446. The van der Waals surface area contributed by atoms with E-state index >= 15 is 0 Å². The maximum absolute atomic E-state index is 13.0. The van der Waals surface area contributed by atoms with Gasteiger partial charge in [-0.3, -0.25) is 29.0 Å². The molecule has 128 valence electrons. The minimum Gasteiger partial charge on any atom is -0.287 e. The van der Waals surface area contributed by atoms with Gasteiger partial charge in [0.05, 0.1) is 11.4 Å². The summed E-state index contributed by atoms with van der Waals surface area (Å²) in [6, 6.07) is 13.3. The number of ketones is 2. The third kappa shape index (κ3) is 1.99. The molecule has 2 heterocycles. The fourth-order valence-corrected chi connectivity index (χ4v) is 3.50. The number of carbonyl (C=O) groups is 4. The molecule has 0 N–H and O–H groups in total. The van der Waals surface area contributed by atoms with Crippen LogP contribution in [0.2, 0.25) is 0 Å². The van der Waals surface area contributed by atoms with Crippen molar-refractivity contribution < 1.29 is 19.2 Å². The van der Waals surface area contributed by atoms with E-state index in [2.05, 4.69) is 0 Å². The molecule has 0 atom stereocenters. The zero-order valence-corrected chi connectivity index (χ0v) is 14.1. The molecule has 4 rings (SSSR count). The second-order valence-electron chi connectivity index (χ2n) is 6.10. The number of nitrogens with zero attached hydrogens (tertiary/aromatic N) is 2. The first-order chi connectivity index (χ1) is 12.4. The molecule has 2 amide bonds. The van der Waals surface area contributed by atoms with Crippen LogP contribution in [-0.4, -0.2) is 23.4 Å². The van der Waals surface area contributed by atoms with Gasteiger partial charge in [0.2, 0.25) is 23.4 Å². The lowest BCUT2D eigenvalue weighted by Gasteiger charge is -2.22. The Morgan fingerprint density at radius 3 is 1.35 bits per heavy atom. The highest BCUT2D eigenvalue weighted by Gasteiger charge is 2.45. The molecule has 0 aromatic heterocycles. The first-order valence-corrected chi connectivity index (χ1v) is 8.06. The van der Waals surface area contributed by atoms with E-state index in [1.54, 1.807) is 48.5 Å². The molecule has 0 spiro atoms. The molecule has 0 fully saturated rings. The molecule has 26 heavy (non-hydrogen) atoms. The topological polar surface area (TPSA) is 74.8 Å². The molecule has 6 nitrogen and oxygen atoms in total. The summed E-state index contributed by atoms with van der Waals surface area (Å²) >= 11 is 0. The molecule has 2 aromatic carbocycles. The summed E-state index contributed by atoms with van der Waals surface area (Å²) in [6.45, 7) is 2.64. The molecule has 0 unspecified atom stereocenters. The number of anilines is 2. The lowest BCUT2D eigenvalue weighted by molar-refractivity contribution is -0.117. The van der Waals surface area contributed by atoms with Crippen LogP contribution in [0, 0.1) is 0 Å². The number of rotatable bonds is 0. The zero-order chi connectivity index (χ0) is 18.6. The van der Waals surface area contributed by atoms with Crippen molar-refractivity contribution in [1.82, 2.24) is 0 Å². The predicted octanol–water partition coefficient (Wildman–Crippen LogP) is 2.70. The largest absolute Gasteiger partial charge is 0.287 e. The number of amides is 2. The van der Waals surface area contributed by atoms with Gasteiger partial charge in [-0.05, 0) is 24.3 Å². The van der Waals surface area contributed by atoms with E-state index in [0.29, 0.717) is 22.5 Å². The number of para-hydroxylation sites is 2. The first kappa shape index (κ1) is 16.0. The van der Waals surface area contributed by atoms with Crippen LogP contribution in [-0.2, 0) is 9.59 Å². The molecule has 2 aliphatic heterocycles. The number of benzene rings is 2. The van der Waals surface area contributed by atoms with Gasteiger partial charge in [-0.1, -0.05) is 24.3 Å². The van der Waals surface area contributed by atoms with E-state index in [0.717, 1.165) is 0 Å². The van der Waals surface area contributed by atoms with Crippen LogP contribution in [0.1, 0.15) is 34.6 Å². The third-order valence-corrected chi connectivity index (χ3v) is 4.51. The predicted molar refractivity (Wildman–Crippen MR) is 94.9 cm³/mol. The van der Waals surface area contributed by atoms with Gasteiger partial charge in [0.25, 0.3) is 0 Å². The smallest absolute Gasteiger partial charge is 0.228 e. The Morgan fingerprint density at radius 2 is 1.00 bits per heavy atom. The summed E-state index contributed by atoms with van der Waals surface area (Å²) in [5.74, 6) is -1.70. The Hall–Kier alpha value is -3.54. The maximum Gasteiger partial charge on any atom is 0.228 e. The second kappa shape index (κ2) is 5.49. The van der Waals surface area contributed by atoms with Crippen LogP contribution < -0.4 is 9.80 Å². The number of allylic oxidation sites excluding steroid dienone is 2. The Kier molecular flexibility index (Phi) is 3.37. The monoisotopic (exact) mass is 346 g/mol. The van der Waals surface area contributed by atoms with Gasteiger partial charge < -0.3 is 0 Å². The second-order valence-corrected chi connectivity index (χ2v) is 6.10. The standard InChI is InChI=1S/C20H14N2O4/c1-11(23)21-15-9-5-3-7-13(15)19(25)17(21)18-20(26)14-8-4-6-10-16(14)22(18)12(2)24/h3-10H,1-2H3/b18-17+. The van der Waals surface area contributed by atoms with E-state index in [1.807, 2.05) is 0 Å². The number of Topliss-reactive ketones (excluding diaryl/α,β-unsaturated/α-hetero) is 2. The Balaban J connectivity index is 2.05. The van der Waals surface area contributed by atoms with Crippen molar-refractivity contribution in [2.24, 2.45) is 0 Å². The molecule has 0 bridgehead atoms. The van der Waals surface area contributed by atoms with Gasteiger partial charge in [0.1, 0.15) is 11.4 Å². The van der Waals surface area contributed by atoms with E-state index in [9.17, 15) is 19.2 Å². The van der Waals surface area contributed by atoms with Crippen molar-refractivity contribution in [3.05, 3.63) is 71.1 Å². The van der Waals surface area contributed by atoms with Gasteiger partial charge in [-0.2, -0.15) is 0 Å². The van der Waals surface area contributed by atoms with Crippen molar-refractivity contribution in [1.29, 1.82) is 0 Å². The van der Waals surface area contributed by atoms with Crippen LogP contribution in [0.3, 0.4) is 0 Å². The van der Waals surface area contributed by atoms with Gasteiger partial charge in [-0.15, -0.1) is 0 Å². The number of hydrogen-bond donors (Lipinski definition) is 0. The van der Waals surface area contributed by atoms with E-state index < -0.39 is 23.4 Å². The number of fused-ring (bicyclic) bond motifs is 2. The van der Waals surface area contributed by atoms with Gasteiger partial charge in [0, 0.05) is 25.0 Å². The Labute approximate surface area is 149 Å². The summed E-state index contributed by atoms with van der Waals surface area (Å²) in [7, 11) is 0. The molecule has 0 aliphatic carbocycles. The van der Waals surface area contributed by atoms with Crippen LogP contribution in [0.4, 0.5) is 11.4 Å². The number of hydrogen-bond acceptors (Lipinski definition) is 4. The fourth-order valence-electron chi connectivity index (χ4n) is 3.50. The quantitative estimate of drug-likeness (QED) is 0.688. The summed E-state index contributed by atoms with van der Waals surface area (Å²) < 4.78 is 0. The zero-order valence-electron chi connectivity index (χ0n) is 14.1. The maximum atomic E-state index is 13.0. The van der Waals surface area contributed by atoms with E-state index in [-0.39, 0.29) is 11.4 Å². The highest BCUT2D eigenvalue weighted by molar-refractivity contribution is 6.33.